The van der Waals surface area contributed by atoms with Crippen molar-refractivity contribution in [2.75, 3.05) is 0 Å². The van der Waals surface area contributed by atoms with Gasteiger partial charge in [0.15, 0.2) is 5.78 Å². The number of hydrogen-bond acceptors (Lipinski definition) is 4. The van der Waals surface area contributed by atoms with Gasteiger partial charge in [0.25, 0.3) is 0 Å². The lowest BCUT2D eigenvalue weighted by atomic mass is 9.40. The number of carbonyl (C=O) groups excluding carboxylic acids is 1. The first-order valence-corrected chi connectivity index (χ1v) is 13.5. The molecule has 4 nitrogen and oxygen atoms in total. The van der Waals surface area contributed by atoms with Gasteiger partial charge in [0, 0.05) is 11.8 Å². The Balaban J connectivity index is 1.72. The number of rotatable bonds is 4. The standard InChI is InChI=1S/C30H48O4/c1-18(2)21(31)10-16-30(8,34)23-11-15-28(6)20-17-22(32)25-26(3,4)24(33)12-13-27(25,5)19(20)9-14-29(23,28)7/h9-10,16,18,20,22-25,32-34H,11-15,17H2,1-8H3. The van der Waals surface area contributed by atoms with Crippen molar-refractivity contribution in [1.29, 1.82) is 0 Å². The molecule has 3 saturated carbocycles. The molecule has 4 aliphatic carbocycles. The topological polar surface area (TPSA) is 77.8 Å². The molecule has 0 spiro atoms. The zero-order valence-corrected chi connectivity index (χ0v) is 22.7. The summed E-state index contributed by atoms with van der Waals surface area (Å²) < 4.78 is 0. The van der Waals surface area contributed by atoms with Crippen LogP contribution in [0.5, 0.6) is 0 Å². The molecule has 3 N–H and O–H groups in total. The van der Waals surface area contributed by atoms with Crippen LogP contribution in [0.15, 0.2) is 23.8 Å². The fraction of sp³-hybridized carbons (Fsp3) is 0.833. The second kappa shape index (κ2) is 8.02. The molecule has 0 aromatic heterocycles. The minimum Gasteiger partial charge on any atom is -0.393 e. The summed E-state index contributed by atoms with van der Waals surface area (Å²) >= 11 is 0. The Morgan fingerprint density at radius 3 is 2.35 bits per heavy atom. The molecule has 0 aromatic rings. The number of ketones is 1. The van der Waals surface area contributed by atoms with Crippen LogP contribution in [0.4, 0.5) is 0 Å². The average molecular weight is 473 g/mol. The third-order valence-corrected chi connectivity index (χ3v) is 11.6. The van der Waals surface area contributed by atoms with Gasteiger partial charge in [-0.15, -0.1) is 0 Å². The van der Waals surface area contributed by atoms with Gasteiger partial charge in [-0.05, 0) is 91.1 Å². The van der Waals surface area contributed by atoms with Crippen LogP contribution >= 0.6 is 0 Å². The normalized spacial score (nSPS) is 47.5. The Morgan fingerprint density at radius 1 is 1.09 bits per heavy atom. The summed E-state index contributed by atoms with van der Waals surface area (Å²) in [7, 11) is 0. The molecule has 0 bridgehead atoms. The van der Waals surface area contributed by atoms with Crippen LogP contribution in [0.2, 0.25) is 0 Å². The lowest BCUT2D eigenvalue weighted by molar-refractivity contribution is -0.167. The molecule has 3 fully saturated rings. The Kier molecular flexibility index (Phi) is 6.15. The molecule has 4 aliphatic rings. The van der Waals surface area contributed by atoms with Gasteiger partial charge < -0.3 is 15.3 Å². The molecule has 0 aromatic carbocycles. The Hall–Kier alpha value is -0.970. The van der Waals surface area contributed by atoms with Gasteiger partial charge in [-0.2, -0.15) is 0 Å². The van der Waals surface area contributed by atoms with Crippen molar-refractivity contribution in [2.24, 2.45) is 45.3 Å². The van der Waals surface area contributed by atoms with E-state index in [9.17, 15) is 20.1 Å². The molecule has 9 unspecified atom stereocenters. The molecule has 192 valence electrons. The smallest absolute Gasteiger partial charge is 0.157 e. The van der Waals surface area contributed by atoms with Crippen LogP contribution in [0.25, 0.3) is 0 Å². The van der Waals surface area contributed by atoms with Gasteiger partial charge in [0.05, 0.1) is 17.8 Å². The van der Waals surface area contributed by atoms with E-state index in [0.29, 0.717) is 0 Å². The van der Waals surface area contributed by atoms with Crippen molar-refractivity contribution in [3.05, 3.63) is 23.8 Å². The molecule has 0 amide bonds. The minimum absolute atomic E-state index is 0.0309. The van der Waals surface area contributed by atoms with Crippen LogP contribution in [-0.4, -0.2) is 38.9 Å². The Labute approximate surface area is 206 Å². The highest BCUT2D eigenvalue weighted by Gasteiger charge is 2.68. The summed E-state index contributed by atoms with van der Waals surface area (Å²) in [6.45, 7) is 17.0. The summed E-state index contributed by atoms with van der Waals surface area (Å²) in [5.41, 5.74) is -0.151. The molecular weight excluding hydrogens is 424 g/mol. The number of carbonyl (C=O) groups is 1. The number of fused-ring (bicyclic) bond motifs is 5. The summed E-state index contributed by atoms with van der Waals surface area (Å²) in [5, 5.41) is 34.0. The minimum atomic E-state index is -1.06. The number of allylic oxidation sites excluding steroid dienone is 3. The van der Waals surface area contributed by atoms with Gasteiger partial charge in [-0.25, -0.2) is 0 Å². The average Bonchev–Trinajstić information content (AvgIpc) is 3.01. The van der Waals surface area contributed by atoms with E-state index in [1.165, 1.54) is 5.57 Å². The summed E-state index contributed by atoms with van der Waals surface area (Å²) in [5.74, 6) is 0.340. The third kappa shape index (κ3) is 3.45. The Morgan fingerprint density at radius 2 is 1.74 bits per heavy atom. The SMILES string of the molecule is CC(C)C(=O)C=CC(C)(O)C1CCC2(C)C3CC(O)C4C(C)(CCC(O)C4(C)C)C3=CCC12C. The highest BCUT2D eigenvalue weighted by molar-refractivity contribution is 5.91. The number of aliphatic hydroxyl groups excluding tert-OH is 2. The van der Waals surface area contributed by atoms with Gasteiger partial charge in [0.2, 0.25) is 0 Å². The predicted octanol–water partition coefficient (Wildman–Crippen LogP) is 5.46. The van der Waals surface area contributed by atoms with E-state index in [4.69, 9.17) is 0 Å². The maximum atomic E-state index is 12.2. The van der Waals surface area contributed by atoms with Crippen LogP contribution < -0.4 is 0 Å². The molecular formula is C30H48O4. The Bertz CT molecular complexity index is 897. The number of hydrogen-bond donors (Lipinski definition) is 3. The fourth-order valence-corrected chi connectivity index (χ4v) is 9.33. The maximum Gasteiger partial charge on any atom is 0.157 e. The van der Waals surface area contributed by atoms with Crippen molar-refractivity contribution in [2.45, 2.75) is 112 Å². The van der Waals surface area contributed by atoms with E-state index in [-0.39, 0.29) is 57.2 Å². The maximum absolute atomic E-state index is 12.2. The molecule has 4 heteroatoms. The quantitative estimate of drug-likeness (QED) is 0.375. The highest BCUT2D eigenvalue weighted by Crippen LogP contribution is 2.73. The van der Waals surface area contributed by atoms with E-state index in [1.807, 2.05) is 20.8 Å². The first-order valence-electron chi connectivity index (χ1n) is 13.5. The van der Waals surface area contributed by atoms with Crippen molar-refractivity contribution < 1.29 is 20.1 Å². The fourth-order valence-electron chi connectivity index (χ4n) is 9.33. The van der Waals surface area contributed by atoms with Gasteiger partial charge in [-0.1, -0.05) is 60.1 Å². The summed E-state index contributed by atoms with van der Waals surface area (Å²) in [4.78, 5) is 12.2. The van der Waals surface area contributed by atoms with Gasteiger partial charge in [-0.3, -0.25) is 4.79 Å². The second-order valence-electron chi connectivity index (χ2n) is 14.0. The van der Waals surface area contributed by atoms with E-state index in [2.05, 4.69) is 40.7 Å². The predicted molar refractivity (Wildman–Crippen MR) is 136 cm³/mol. The molecule has 0 heterocycles. The molecule has 34 heavy (non-hydrogen) atoms. The van der Waals surface area contributed by atoms with E-state index < -0.39 is 11.7 Å². The highest BCUT2D eigenvalue weighted by atomic mass is 16.3. The summed E-state index contributed by atoms with van der Waals surface area (Å²) in [6.07, 6.45) is 10.2. The number of aliphatic hydroxyl groups is 3. The van der Waals surface area contributed by atoms with Crippen molar-refractivity contribution in [3.63, 3.8) is 0 Å². The van der Waals surface area contributed by atoms with Crippen molar-refractivity contribution in [3.8, 4) is 0 Å². The van der Waals surface area contributed by atoms with E-state index >= 15 is 0 Å². The lowest BCUT2D eigenvalue weighted by Crippen LogP contribution is -2.62. The van der Waals surface area contributed by atoms with Gasteiger partial charge >= 0.3 is 0 Å². The molecule has 0 aliphatic heterocycles. The van der Waals surface area contributed by atoms with Crippen molar-refractivity contribution >= 4 is 5.78 Å². The first-order chi connectivity index (χ1) is 15.5. The molecule has 0 saturated heterocycles. The van der Waals surface area contributed by atoms with E-state index in [0.717, 1.165) is 38.5 Å². The monoisotopic (exact) mass is 472 g/mol. The van der Waals surface area contributed by atoms with Crippen molar-refractivity contribution in [1.82, 2.24) is 0 Å². The van der Waals surface area contributed by atoms with Crippen LogP contribution in [0, 0.1) is 45.3 Å². The largest absolute Gasteiger partial charge is 0.393 e. The van der Waals surface area contributed by atoms with Crippen LogP contribution in [0.3, 0.4) is 0 Å². The summed E-state index contributed by atoms with van der Waals surface area (Å²) in [6, 6.07) is 0. The van der Waals surface area contributed by atoms with Crippen LogP contribution in [0.1, 0.15) is 93.9 Å². The third-order valence-electron chi connectivity index (χ3n) is 11.6. The van der Waals surface area contributed by atoms with Crippen LogP contribution in [-0.2, 0) is 4.79 Å². The van der Waals surface area contributed by atoms with E-state index in [1.54, 1.807) is 12.2 Å². The second-order valence-corrected chi connectivity index (χ2v) is 14.0. The first kappa shape index (κ1) is 26.1. The zero-order valence-electron chi connectivity index (χ0n) is 22.7. The zero-order chi connectivity index (χ0) is 25.5. The molecule has 9 atom stereocenters. The van der Waals surface area contributed by atoms with Gasteiger partial charge in [0.1, 0.15) is 0 Å². The molecule has 0 radical (unpaired) electrons. The molecule has 4 rings (SSSR count). The lowest BCUT2D eigenvalue weighted by Gasteiger charge is -2.65.